The minimum absolute atomic E-state index is 0.0466. The highest BCUT2D eigenvalue weighted by molar-refractivity contribution is 6.00. The standard InChI is InChI=1S/C19H25N5O2/c1-2-24-18(20-13-21-24)17(14-7-8-14)22-19(25)15-5-3-4-6-16(15)23-9-11-26-12-10-23/h3-6,13-14,17H,2,7-12H2,1H3,(H,22,25)/t17-/m1/s1. The van der Waals surface area contributed by atoms with Gasteiger partial charge in [0.25, 0.3) is 5.91 Å². The van der Waals surface area contributed by atoms with Crippen molar-refractivity contribution < 1.29 is 9.53 Å². The van der Waals surface area contributed by atoms with Gasteiger partial charge in [0, 0.05) is 25.3 Å². The van der Waals surface area contributed by atoms with E-state index in [0.717, 1.165) is 44.0 Å². The monoisotopic (exact) mass is 355 g/mol. The van der Waals surface area contributed by atoms with Crippen molar-refractivity contribution in [2.75, 3.05) is 31.2 Å². The van der Waals surface area contributed by atoms with Crippen LogP contribution in [0.4, 0.5) is 5.69 Å². The van der Waals surface area contributed by atoms with Crippen LogP contribution in [0.15, 0.2) is 30.6 Å². The number of rotatable bonds is 6. The maximum Gasteiger partial charge on any atom is 0.253 e. The molecule has 4 rings (SSSR count). The van der Waals surface area contributed by atoms with Crippen molar-refractivity contribution >= 4 is 11.6 Å². The van der Waals surface area contributed by atoms with Crippen LogP contribution in [0.3, 0.4) is 0 Å². The van der Waals surface area contributed by atoms with Gasteiger partial charge in [-0.25, -0.2) is 9.67 Å². The minimum Gasteiger partial charge on any atom is -0.378 e. The Morgan fingerprint density at radius 1 is 1.31 bits per heavy atom. The number of hydrogen-bond donors (Lipinski definition) is 1. The van der Waals surface area contributed by atoms with E-state index in [9.17, 15) is 4.79 Å². The fraction of sp³-hybridized carbons (Fsp3) is 0.526. The van der Waals surface area contributed by atoms with Crippen LogP contribution in [-0.2, 0) is 11.3 Å². The summed E-state index contributed by atoms with van der Waals surface area (Å²) in [5, 5.41) is 7.50. The smallest absolute Gasteiger partial charge is 0.253 e. The Bertz CT molecular complexity index is 765. The van der Waals surface area contributed by atoms with Crippen molar-refractivity contribution in [1.29, 1.82) is 0 Å². The van der Waals surface area contributed by atoms with Gasteiger partial charge in [-0.3, -0.25) is 4.79 Å². The number of carbonyl (C=O) groups excluding carboxylic acids is 1. The second-order valence-corrected chi connectivity index (χ2v) is 6.84. The highest BCUT2D eigenvalue weighted by atomic mass is 16.5. The maximum absolute atomic E-state index is 13.1. The van der Waals surface area contributed by atoms with E-state index < -0.39 is 0 Å². The molecule has 1 aliphatic heterocycles. The minimum atomic E-state index is -0.0808. The Kier molecular flexibility index (Phi) is 4.88. The summed E-state index contributed by atoms with van der Waals surface area (Å²) in [6, 6.07) is 7.73. The fourth-order valence-electron chi connectivity index (χ4n) is 3.55. The quantitative estimate of drug-likeness (QED) is 0.858. The first-order valence-electron chi connectivity index (χ1n) is 9.38. The molecule has 0 spiro atoms. The van der Waals surface area contributed by atoms with Crippen molar-refractivity contribution in [3.8, 4) is 0 Å². The number of nitrogens with one attached hydrogen (secondary N) is 1. The molecule has 1 atom stereocenters. The number of aromatic nitrogens is 3. The number of amides is 1. The molecule has 1 amide bonds. The van der Waals surface area contributed by atoms with E-state index in [1.54, 1.807) is 6.33 Å². The molecule has 2 aliphatic rings. The molecule has 0 bridgehead atoms. The lowest BCUT2D eigenvalue weighted by Gasteiger charge is -2.30. The number of carbonyl (C=O) groups is 1. The van der Waals surface area contributed by atoms with Gasteiger partial charge in [0.1, 0.15) is 12.2 Å². The molecule has 0 unspecified atom stereocenters. The van der Waals surface area contributed by atoms with E-state index >= 15 is 0 Å². The maximum atomic E-state index is 13.1. The van der Waals surface area contributed by atoms with Gasteiger partial charge in [0.15, 0.2) is 0 Å². The zero-order valence-corrected chi connectivity index (χ0v) is 15.1. The van der Waals surface area contributed by atoms with Gasteiger partial charge >= 0.3 is 0 Å². The third kappa shape index (κ3) is 3.44. The molecule has 1 saturated heterocycles. The number of anilines is 1. The van der Waals surface area contributed by atoms with Crippen LogP contribution >= 0.6 is 0 Å². The number of para-hydroxylation sites is 1. The molecule has 1 aromatic carbocycles. The van der Waals surface area contributed by atoms with Crippen LogP contribution < -0.4 is 10.2 Å². The van der Waals surface area contributed by atoms with Crippen molar-refractivity contribution in [3.05, 3.63) is 42.0 Å². The molecular formula is C19H25N5O2. The molecule has 2 aromatic rings. The van der Waals surface area contributed by atoms with Gasteiger partial charge in [-0.15, -0.1) is 0 Å². The highest BCUT2D eigenvalue weighted by Crippen LogP contribution is 2.40. The Morgan fingerprint density at radius 3 is 2.81 bits per heavy atom. The van der Waals surface area contributed by atoms with Crippen LogP contribution in [-0.4, -0.2) is 47.0 Å². The second-order valence-electron chi connectivity index (χ2n) is 6.84. The van der Waals surface area contributed by atoms with Gasteiger partial charge in [-0.05, 0) is 37.8 Å². The molecule has 1 saturated carbocycles. The van der Waals surface area contributed by atoms with Crippen LogP contribution in [0, 0.1) is 5.92 Å². The molecule has 26 heavy (non-hydrogen) atoms. The van der Waals surface area contributed by atoms with Gasteiger partial charge in [0.05, 0.1) is 24.8 Å². The van der Waals surface area contributed by atoms with Crippen molar-refractivity contribution in [2.24, 2.45) is 5.92 Å². The van der Waals surface area contributed by atoms with Gasteiger partial charge in [-0.2, -0.15) is 5.10 Å². The molecule has 1 aliphatic carbocycles. The molecule has 1 aromatic heterocycles. The van der Waals surface area contributed by atoms with E-state index in [1.165, 1.54) is 0 Å². The first-order valence-corrected chi connectivity index (χ1v) is 9.38. The van der Waals surface area contributed by atoms with E-state index in [1.807, 2.05) is 35.9 Å². The first-order chi connectivity index (χ1) is 12.8. The van der Waals surface area contributed by atoms with Crippen molar-refractivity contribution in [1.82, 2.24) is 20.1 Å². The highest BCUT2D eigenvalue weighted by Gasteiger charge is 2.36. The van der Waals surface area contributed by atoms with Gasteiger partial charge in [-0.1, -0.05) is 12.1 Å². The van der Waals surface area contributed by atoms with E-state index in [2.05, 4.69) is 20.3 Å². The lowest BCUT2D eigenvalue weighted by atomic mass is 10.1. The second kappa shape index (κ2) is 7.45. The zero-order chi connectivity index (χ0) is 17.9. The Morgan fingerprint density at radius 2 is 2.08 bits per heavy atom. The van der Waals surface area contributed by atoms with Crippen LogP contribution in [0.1, 0.15) is 42.0 Å². The van der Waals surface area contributed by atoms with Crippen LogP contribution in [0.2, 0.25) is 0 Å². The third-order valence-corrected chi connectivity index (χ3v) is 5.10. The van der Waals surface area contributed by atoms with Gasteiger partial charge in [0.2, 0.25) is 0 Å². The average molecular weight is 355 g/mol. The number of morpholine rings is 1. The van der Waals surface area contributed by atoms with Crippen LogP contribution in [0.5, 0.6) is 0 Å². The summed E-state index contributed by atoms with van der Waals surface area (Å²) in [7, 11) is 0. The number of ether oxygens (including phenoxy) is 1. The summed E-state index contributed by atoms with van der Waals surface area (Å²) < 4.78 is 7.31. The summed E-state index contributed by atoms with van der Waals surface area (Å²) in [4.78, 5) is 19.8. The Balaban J connectivity index is 1.57. The summed E-state index contributed by atoms with van der Waals surface area (Å²) >= 11 is 0. The molecule has 0 radical (unpaired) electrons. The average Bonchev–Trinajstić information content (AvgIpc) is 3.43. The summed E-state index contributed by atoms with van der Waals surface area (Å²) in [5.41, 5.74) is 1.68. The van der Waals surface area contributed by atoms with Crippen LogP contribution in [0.25, 0.3) is 0 Å². The zero-order valence-electron chi connectivity index (χ0n) is 15.1. The predicted octanol–water partition coefficient (Wildman–Crippen LogP) is 2.02. The first kappa shape index (κ1) is 17.0. The predicted molar refractivity (Wildman–Crippen MR) is 98.1 cm³/mol. The lowest BCUT2D eigenvalue weighted by Crippen LogP contribution is -2.38. The molecule has 1 N–H and O–H groups in total. The van der Waals surface area contributed by atoms with Gasteiger partial charge < -0.3 is 15.0 Å². The SMILES string of the molecule is CCn1ncnc1[C@H](NC(=O)c1ccccc1N1CCOCC1)C1CC1. The fourth-order valence-corrected chi connectivity index (χ4v) is 3.55. The normalized spacial score (nSPS) is 18.6. The van der Waals surface area contributed by atoms with E-state index in [-0.39, 0.29) is 11.9 Å². The number of hydrogen-bond acceptors (Lipinski definition) is 5. The number of aryl methyl sites for hydroxylation is 1. The van der Waals surface area contributed by atoms with Crippen molar-refractivity contribution in [3.63, 3.8) is 0 Å². The number of nitrogens with zero attached hydrogens (tertiary/aromatic N) is 4. The Labute approximate surface area is 153 Å². The molecule has 138 valence electrons. The van der Waals surface area contributed by atoms with E-state index in [4.69, 9.17) is 4.74 Å². The lowest BCUT2D eigenvalue weighted by molar-refractivity contribution is 0.0927. The largest absolute Gasteiger partial charge is 0.378 e. The molecule has 7 heteroatoms. The molecular weight excluding hydrogens is 330 g/mol. The topological polar surface area (TPSA) is 72.3 Å². The summed E-state index contributed by atoms with van der Waals surface area (Å²) in [5.74, 6) is 1.26. The molecule has 7 nitrogen and oxygen atoms in total. The van der Waals surface area contributed by atoms with E-state index in [0.29, 0.717) is 24.7 Å². The third-order valence-electron chi connectivity index (χ3n) is 5.10. The van der Waals surface area contributed by atoms with Crippen molar-refractivity contribution in [2.45, 2.75) is 32.4 Å². The molecule has 2 heterocycles. The summed E-state index contributed by atoms with van der Waals surface area (Å²) in [6.45, 7) is 5.79. The Hall–Kier alpha value is -2.41. The molecule has 2 fully saturated rings. The summed E-state index contributed by atoms with van der Waals surface area (Å²) in [6.07, 6.45) is 3.81. The number of benzene rings is 1.